The second-order valence-corrected chi connectivity index (χ2v) is 7.45. The summed E-state index contributed by atoms with van der Waals surface area (Å²) in [4.78, 5) is 22.4. The number of imidazole rings is 1. The maximum atomic E-state index is 12.5. The maximum Gasteiger partial charge on any atom is 0.233 e. The van der Waals surface area contributed by atoms with Crippen LogP contribution in [0.1, 0.15) is 25.1 Å². The topological polar surface area (TPSA) is 64.2 Å². The van der Waals surface area contributed by atoms with E-state index in [4.69, 9.17) is 0 Å². The highest BCUT2D eigenvalue weighted by Crippen LogP contribution is 2.29. The minimum absolute atomic E-state index is 0.00444. The summed E-state index contributed by atoms with van der Waals surface area (Å²) < 4.78 is 3.96. The lowest BCUT2D eigenvalue weighted by Crippen LogP contribution is -2.29. The lowest BCUT2D eigenvalue weighted by molar-refractivity contribution is -0.119. The van der Waals surface area contributed by atoms with Gasteiger partial charge in [0.15, 0.2) is 0 Å². The third-order valence-electron chi connectivity index (χ3n) is 4.57. The molecule has 0 spiro atoms. The minimum atomic E-state index is -0.118. The number of aromatic nitrogens is 4. The van der Waals surface area contributed by atoms with Crippen molar-refractivity contribution in [3.8, 4) is 0 Å². The van der Waals surface area contributed by atoms with E-state index >= 15 is 0 Å². The number of amides is 1. The molecule has 4 aromatic rings. The Morgan fingerprint density at radius 3 is 2.93 bits per heavy atom. The second-order valence-electron chi connectivity index (χ2n) is 6.43. The molecule has 3 aromatic heterocycles. The molecule has 1 atom stereocenters. The van der Waals surface area contributed by atoms with E-state index in [1.807, 2.05) is 49.0 Å². The number of nitrogens with one attached hydrogen (secondary N) is 1. The van der Waals surface area contributed by atoms with Gasteiger partial charge in [0.05, 0.1) is 17.5 Å². The van der Waals surface area contributed by atoms with E-state index in [0.717, 1.165) is 17.0 Å². The Labute approximate surface area is 161 Å². The van der Waals surface area contributed by atoms with Crippen molar-refractivity contribution in [2.45, 2.75) is 24.3 Å². The van der Waals surface area contributed by atoms with Crippen LogP contribution in [0.5, 0.6) is 0 Å². The average Bonchev–Trinajstić information content (AvgIpc) is 3.26. The number of hydrogen-bond donors (Lipinski definition) is 1. The van der Waals surface area contributed by atoms with Gasteiger partial charge in [-0.2, -0.15) is 0 Å². The number of rotatable bonds is 6. The first-order valence-electron chi connectivity index (χ1n) is 8.91. The molecule has 1 amide bonds. The summed E-state index contributed by atoms with van der Waals surface area (Å²) in [5, 5.41) is 4.28. The fourth-order valence-corrected chi connectivity index (χ4v) is 4.13. The first-order valence-corrected chi connectivity index (χ1v) is 9.90. The fraction of sp³-hybridized carbons (Fsp3) is 0.250. The number of benzene rings is 1. The van der Waals surface area contributed by atoms with Crippen LogP contribution in [0.3, 0.4) is 0 Å². The molecule has 0 unspecified atom stereocenters. The van der Waals surface area contributed by atoms with Crippen molar-refractivity contribution in [1.82, 2.24) is 24.3 Å². The number of fused-ring (bicyclic) bond motifs is 2. The van der Waals surface area contributed by atoms with Crippen molar-refractivity contribution in [2.24, 2.45) is 7.05 Å². The van der Waals surface area contributed by atoms with Crippen LogP contribution in [0.4, 0.5) is 0 Å². The van der Waals surface area contributed by atoms with Gasteiger partial charge < -0.3 is 9.88 Å². The molecule has 3 heterocycles. The van der Waals surface area contributed by atoms with Gasteiger partial charge in [0.1, 0.15) is 0 Å². The smallest absolute Gasteiger partial charge is 0.233 e. The van der Waals surface area contributed by atoms with Crippen LogP contribution in [0.2, 0.25) is 0 Å². The molecule has 0 radical (unpaired) electrons. The molecule has 27 heavy (non-hydrogen) atoms. The highest BCUT2D eigenvalue weighted by molar-refractivity contribution is 8.00. The Morgan fingerprint density at radius 1 is 1.26 bits per heavy atom. The standard InChI is InChI=1S/C20H21N5OS/c1-3-15(16-11-25-10-6-9-21-20(25)23-16)22-19(26)13-27-18-12-24(2)17-8-5-4-7-14(17)18/h4-12,15H,3,13H2,1-2H3,(H,22,26)/t15-/m0/s1. The zero-order valence-corrected chi connectivity index (χ0v) is 16.1. The number of thioether (sulfide) groups is 1. The molecule has 0 fully saturated rings. The summed E-state index contributed by atoms with van der Waals surface area (Å²) in [6.45, 7) is 2.04. The fourth-order valence-electron chi connectivity index (χ4n) is 3.20. The van der Waals surface area contributed by atoms with E-state index in [1.54, 1.807) is 18.0 Å². The van der Waals surface area contributed by atoms with E-state index < -0.39 is 0 Å². The predicted molar refractivity (Wildman–Crippen MR) is 108 cm³/mol. The van der Waals surface area contributed by atoms with Gasteiger partial charge in [0.25, 0.3) is 0 Å². The van der Waals surface area contributed by atoms with Gasteiger partial charge in [0, 0.05) is 47.6 Å². The lowest BCUT2D eigenvalue weighted by atomic mass is 10.2. The highest BCUT2D eigenvalue weighted by atomic mass is 32.2. The largest absolute Gasteiger partial charge is 0.349 e. The molecule has 0 saturated carbocycles. The molecule has 138 valence electrons. The van der Waals surface area contributed by atoms with E-state index in [2.05, 4.69) is 38.2 Å². The molecule has 1 aromatic carbocycles. The van der Waals surface area contributed by atoms with Crippen molar-refractivity contribution in [3.63, 3.8) is 0 Å². The summed E-state index contributed by atoms with van der Waals surface area (Å²) >= 11 is 1.56. The minimum Gasteiger partial charge on any atom is -0.349 e. The molecule has 1 N–H and O–H groups in total. The van der Waals surface area contributed by atoms with E-state index in [9.17, 15) is 4.79 Å². The normalized spacial score (nSPS) is 12.5. The third-order valence-corrected chi connectivity index (χ3v) is 5.62. The summed E-state index contributed by atoms with van der Waals surface area (Å²) in [5.74, 6) is 1.02. The highest BCUT2D eigenvalue weighted by Gasteiger charge is 2.17. The molecule has 7 heteroatoms. The Hall–Kier alpha value is -2.80. The van der Waals surface area contributed by atoms with Crippen molar-refractivity contribution in [1.29, 1.82) is 0 Å². The Morgan fingerprint density at radius 2 is 2.11 bits per heavy atom. The van der Waals surface area contributed by atoms with E-state index in [0.29, 0.717) is 11.5 Å². The van der Waals surface area contributed by atoms with Gasteiger partial charge >= 0.3 is 0 Å². The van der Waals surface area contributed by atoms with Crippen LogP contribution in [0, 0.1) is 0 Å². The summed E-state index contributed by atoms with van der Waals surface area (Å²) in [6, 6.07) is 9.97. The zero-order valence-electron chi connectivity index (χ0n) is 15.3. The summed E-state index contributed by atoms with van der Waals surface area (Å²) in [6.07, 6.45) is 8.40. The number of carbonyl (C=O) groups is 1. The lowest BCUT2D eigenvalue weighted by Gasteiger charge is -2.14. The Balaban J connectivity index is 1.44. The Kier molecular flexibility index (Phi) is 4.85. The van der Waals surface area contributed by atoms with Gasteiger partial charge in [-0.25, -0.2) is 9.97 Å². The molecule has 4 rings (SSSR count). The van der Waals surface area contributed by atoms with Gasteiger partial charge in [-0.15, -0.1) is 11.8 Å². The third kappa shape index (κ3) is 3.55. The number of nitrogens with zero attached hydrogens (tertiary/aromatic N) is 4. The summed E-state index contributed by atoms with van der Waals surface area (Å²) in [5.41, 5.74) is 2.00. The number of para-hydroxylation sites is 1. The van der Waals surface area contributed by atoms with Crippen molar-refractivity contribution >= 4 is 34.3 Å². The summed E-state index contributed by atoms with van der Waals surface area (Å²) in [7, 11) is 2.02. The van der Waals surface area contributed by atoms with Gasteiger partial charge in [-0.1, -0.05) is 25.1 Å². The average molecular weight is 379 g/mol. The molecular weight excluding hydrogens is 358 g/mol. The van der Waals surface area contributed by atoms with Crippen LogP contribution in [0.15, 0.2) is 60.0 Å². The van der Waals surface area contributed by atoms with E-state index in [-0.39, 0.29) is 11.9 Å². The molecular formula is C20H21N5OS. The zero-order chi connectivity index (χ0) is 18.8. The molecule has 0 bridgehead atoms. The number of hydrogen-bond acceptors (Lipinski definition) is 4. The first-order chi connectivity index (χ1) is 13.2. The second kappa shape index (κ2) is 7.44. The van der Waals surface area contributed by atoms with Crippen molar-refractivity contribution in [2.75, 3.05) is 5.75 Å². The van der Waals surface area contributed by atoms with E-state index in [1.165, 1.54) is 10.9 Å². The van der Waals surface area contributed by atoms with Crippen LogP contribution >= 0.6 is 11.8 Å². The van der Waals surface area contributed by atoms with Crippen LogP contribution in [-0.4, -0.2) is 30.6 Å². The Bertz CT molecular complexity index is 1070. The van der Waals surface area contributed by atoms with Crippen molar-refractivity contribution in [3.05, 3.63) is 60.8 Å². The quantitative estimate of drug-likeness (QED) is 0.520. The van der Waals surface area contributed by atoms with Crippen LogP contribution < -0.4 is 5.32 Å². The molecule has 0 saturated heterocycles. The maximum absolute atomic E-state index is 12.5. The van der Waals surface area contributed by atoms with Gasteiger partial charge in [0.2, 0.25) is 11.7 Å². The molecule has 0 aliphatic heterocycles. The number of aryl methyl sites for hydroxylation is 1. The van der Waals surface area contributed by atoms with Crippen LogP contribution in [0.25, 0.3) is 16.7 Å². The monoisotopic (exact) mass is 379 g/mol. The SMILES string of the molecule is CC[C@H](NC(=O)CSc1cn(C)c2ccccc12)c1cn2cccnc2n1. The van der Waals surface area contributed by atoms with Gasteiger partial charge in [-0.3, -0.25) is 9.20 Å². The molecule has 0 aliphatic carbocycles. The molecule has 0 aliphatic rings. The number of carbonyl (C=O) groups excluding carboxylic acids is 1. The van der Waals surface area contributed by atoms with Crippen LogP contribution in [-0.2, 0) is 11.8 Å². The van der Waals surface area contributed by atoms with Gasteiger partial charge in [-0.05, 0) is 18.6 Å². The van der Waals surface area contributed by atoms with Crippen molar-refractivity contribution < 1.29 is 4.79 Å². The molecule has 6 nitrogen and oxygen atoms in total. The first kappa shape index (κ1) is 17.6. The predicted octanol–water partition coefficient (Wildman–Crippen LogP) is 3.58.